The van der Waals surface area contributed by atoms with E-state index in [2.05, 4.69) is 10.4 Å². The summed E-state index contributed by atoms with van der Waals surface area (Å²) in [5.74, 6) is -1.24. The molecule has 29 heavy (non-hydrogen) atoms. The van der Waals surface area contributed by atoms with Crippen molar-refractivity contribution in [3.05, 3.63) is 63.8 Å². The van der Waals surface area contributed by atoms with Gasteiger partial charge in [-0.3, -0.25) is 19.0 Å². The van der Waals surface area contributed by atoms with Crippen LogP contribution in [-0.4, -0.2) is 37.1 Å². The van der Waals surface area contributed by atoms with E-state index in [1.807, 2.05) is 18.2 Å². The highest BCUT2D eigenvalue weighted by molar-refractivity contribution is 5.97. The number of esters is 1. The molecule has 0 bridgehead atoms. The van der Waals surface area contributed by atoms with Crippen molar-refractivity contribution in [3.63, 3.8) is 0 Å². The molecule has 0 aliphatic heterocycles. The van der Waals surface area contributed by atoms with Crippen LogP contribution in [0.25, 0.3) is 5.69 Å². The summed E-state index contributed by atoms with van der Waals surface area (Å²) < 4.78 is 9.90. The van der Waals surface area contributed by atoms with Crippen LogP contribution in [0.3, 0.4) is 0 Å². The Morgan fingerprint density at radius 2 is 1.76 bits per heavy atom. The van der Waals surface area contributed by atoms with E-state index >= 15 is 0 Å². The van der Waals surface area contributed by atoms with Crippen molar-refractivity contribution in [1.82, 2.24) is 19.1 Å². The Kier molecular flexibility index (Phi) is 5.40. The highest BCUT2D eigenvalue weighted by Crippen LogP contribution is 2.15. The van der Waals surface area contributed by atoms with Crippen LogP contribution < -0.4 is 10.9 Å². The number of benzene rings is 1. The lowest BCUT2D eigenvalue weighted by molar-refractivity contribution is -0.123. The maximum atomic E-state index is 12.9. The van der Waals surface area contributed by atoms with Gasteiger partial charge in [0.05, 0.1) is 17.6 Å². The topological polar surface area (TPSA) is 100 Å². The summed E-state index contributed by atoms with van der Waals surface area (Å²) >= 11 is 0. The fraction of sp³-hybridized carbons (Fsp3) is 0.300. The molecule has 0 radical (unpaired) electrons. The normalized spacial score (nSPS) is 11.9. The summed E-state index contributed by atoms with van der Waals surface area (Å²) in [4.78, 5) is 37.7. The Balaban J connectivity index is 1.79. The summed E-state index contributed by atoms with van der Waals surface area (Å²) in [7, 11) is 3.44. The Morgan fingerprint density at radius 1 is 1.10 bits per heavy atom. The molecule has 0 fully saturated rings. The van der Waals surface area contributed by atoms with Crippen LogP contribution in [0, 0.1) is 13.8 Å². The van der Waals surface area contributed by atoms with Crippen LogP contribution in [0.15, 0.2) is 41.3 Å². The fourth-order valence-corrected chi connectivity index (χ4v) is 2.91. The minimum absolute atomic E-state index is 0.141. The number of carbonyl (C=O) groups is 2. The van der Waals surface area contributed by atoms with E-state index in [1.165, 1.54) is 17.8 Å². The average molecular weight is 397 g/mol. The largest absolute Gasteiger partial charge is 0.449 e. The van der Waals surface area contributed by atoms with Crippen LogP contribution >= 0.6 is 0 Å². The molecule has 1 unspecified atom stereocenters. The van der Waals surface area contributed by atoms with Gasteiger partial charge in [0.1, 0.15) is 11.3 Å². The Bertz CT molecular complexity index is 1120. The predicted molar refractivity (Wildman–Crippen MR) is 107 cm³/mol. The monoisotopic (exact) mass is 397 g/mol. The van der Waals surface area contributed by atoms with Crippen LogP contribution in [0.4, 0.5) is 5.69 Å². The molecular formula is C20H23N5O4. The summed E-state index contributed by atoms with van der Waals surface area (Å²) in [5.41, 5.74) is 1.94. The van der Waals surface area contributed by atoms with Crippen molar-refractivity contribution in [1.29, 1.82) is 0 Å². The Morgan fingerprint density at radius 3 is 2.34 bits per heavy atom. The van der Waals surface area contributed by atoms with Gasteiger partial charge >= 0.3 is 5.97 Å². The molecule has 0 saturated carbocycles. The van der Waals surface area contributed by atoms with Crippen molar-refractivity contribution in [2.45, 2.75) is 26.9 Å². The summed E-state index contributed by atoms with van der Waals surface area (Å²) in [6.07, 6.45) is 0.300. The number of aromatic nitrogens is 4. The quantitative estimate of drug-likeness (QED) is 0.661. The van der Waals surface area contributed by atoms with Gasteiger partial charge in [-0.05, 0) is 32.9 Å². The van der Waals surface area contributed by atoms with Gasteiger partial charge in [0.25, 0.3) is 11.5 Å². The molecule has 0 spiro atoms. The van der Waals surface area contributed by atoms with E-state index in [0.29, 0.717) is 17.1 Å². The van der Waals surface area contributed by atoms with Crippen LogP contribution in [0.2, 0.25) is 0 Å². The highest BCUT2D eigenvalue weighted by Gasteiger charge is 2.24. The molecule has 2 heterocycles. The molecular weight excluding hydrogens is 374 g/mol. The molecule has 9 nitrogen and oxygen atoms in total. The maximum absolute atomic E-state index is 12.9. The second-order valence-electron chi connectivity index (χ2n) is 6.74. The number of anilines is 1. The molecule has 0 saturated heterocycles. The maximum Gasteiger partial charge on any atom is 0.342 e. The number of amides is 1. The zero-order valence-corrected chi connectivity index (χ0v) is 17.0. The molecule has 1 amide bonds. The molecule has 2 aromatic heterocycles. The molecule has 152 valence electrons. The van der Waals surface area contributed by atoms with E-state index < -0.39 is 18.0 Å². The van der Waals surface area contributed by atoms with Gasteiger partial charge in [0.2, 0.25) is 0 Å². The first kappa shape index (κ1) is 20.1. The summed E-state index contributed by atoms with van der Waals surface area (Å²) in [5, 5.41) is 6.58. The number of rotatable bonds is 5. The SMILES string of the molecule is Cc1c(C(=O)OC(C)C(=O)Nc2c(C)n(C)n(-c3ccccc3)c2=O)cnn1C. The second kappa shape index (κ2) is 7.78. The number of para-hydroxylation sites is 1. The molecule has 9 heteroatoms. The second-order valence-corrected chi connectivity index (χ2v) is 6.74. The number of aryl methyl sites for hydroxylation is 1. The number of hydrogen-bond donors (Lipinski definition) is 1. The number of carbonyl (C=O) groups excluding carboxylic acids is 2. The first-order valence-electron chi connectivity index (χ1n) is 9.06. The third-order valence-electron chi connectivity index (χ3n) is 4.91. The molecule has 1 atom stereocenters. The molecule has 3 rings (SSSR count). The zero-order valence-electron chi connectivity index (χ0n) is 17.0. The Labute approximate surface area is 167 Å². The first-order chi connectivity index (χ1) is 13.7. The van der Waals surface area contributed by atoms with Gasteiger partial charge in [-0.25, -0.2) is 9.48 Å². The minimum atomic E-state index is -1.09. The van der Waals surface area contributed by atoms with Crippen LogP contribution in [0.5, 0.6) is 0 Å². The van der Waals surface area contributed by atoms with Gasteiger partial charge in [-0.2, -0.15) is 5.10 Å². The molecule has 1 N–H and O–H groups in total. The van der Waals surface area contributed by atoms with Crippen molar-refractivity contribution >= 4 is 17.6 Å². The van der Waals surface area contributed by atoms with Crippen LogP contribution in [0.1, 0.15) is 28.7 Å². The van der Waals surface area contributed by atoms with Gasteiger partial charge in [-0.1, -0.05) is 18.2 Å². The van der Waals surface area contributed by atoms with E-state index in [-0.39, 0.29) is 16.8 Å². The predicted octanol–water partition coefficient (Wildman–Crippen LogP) is 1.71. The Hall–Kier alpha value is -3.62. The fourth-order valence-electron chi connectivity index (χ4n) is 2.91. The zero-order chi connectivity index (χ0) is 21.3. The number of ether oxygens (including phenoxy) is 1. The molecule has 0 aliphatic rings. The average Bonchev–Trinajstić information content (AvgIpc) is 3.14. The number of nitrogens with one attached hydrogen (secondary N) is 1. The van der Waals surface area contributed by atoms with E-state index in [0.717, 1.165) is 0 Å². The standard InChI is InChI=1S/C20H23N5O4/c1-12-16(11-21-23(12)4)20(28)29-14(3)18(26)22-17-13(2)24(5)25(19(17)27)15-9-7-6-8-10-15/h6-11,14H,1-5H3,(H,22,26). The summed E-state index contributed by atoms with van der Waals surface area (Å²) in [6.45, 7) is 4.91. The molecule has 0 aliphatic carbocycles. The first-order valence-corrected chi connectivity index (χ1v) is 9.06. The van der Waals surface area contributed by atoms with E-state index in [4.69, 9.17) is 4.74 Å². The van der Waals surface area contributed by atoms with E-state index in [9.17, 15) is 14.4 Å². The van der Waals surface area contributed by atoms with Crippen molar-refractivity contribution in [3.8, 4) is 5.69 Å². The van der Waals surface area contributed by atoms with Gasteiger partial charge in [0, 0.05) is 19.8 Å². The number of hydrogen-bond acceptors (Lipinski definition) is 5. The van der Waals surface area contributed by atoms with Crippen LogP contribution in [-0.2, 0) is 23.6 Å². The van der Waals surface area contributed by atoms with E-state index in [1.54, 1.807) is 49.4 Å². The summed E-state index contributed by atoms with van der Waals surface area (Å²) in [6, 6.07) is 9.10. The van der Waals surface area contributed by atoms with Crippen molar-refractivity contribution in [2.24, 2.45) is 14.1 Å². The lowest BCUT2D eigenvalue weighted by Crippen LogP contribution is -2.32. The lowest BCUT2D eigenvalue weighted by atomic mass is 10.2. The minimum Gasteiger partial charge on any atom is -0.449 e. The molecule has 3 aromatic rings. The van der Waals surface area contributed by atoms with Crippen molar-refractivity contribution in [2.75, 3.05) is 5.32 Å². The smallest absolute Gasteiger partial charge is 0.342 e. The van der Waals surface area contributed by atoms with Gasteiger partial charge < -0.3 is 10.1 Å². The third kappa shape index (κ3) is 3.71. The highest BCUT2D eigenvalue weighted by atomic mass is 16.5. The van der Waals surface area contributed by atoms with Gasteiger partial charge in [0.15, 0.2) is 6.10 Å². The van der Waals surface area contributed by atoms with Crippen molar-refractivity contribution < 1.29 is 14.3 Å². The third-order valence-corrected chi connectivity index (χ3v) is 4.91. The lowest BCUT2D eigenvalue weighted by Gasteiger charge is -2.12. The molecule has 1 aromatic carbocycles. The van der Waals surface area contributed by atoms with Gasteiger partial charge in [-0.15, -0.1) is 0 Å². The number of nitrogens with zero attached hydrogens (tertiary/aromatic N) is 4.